The SMILES string of the molecule is CC1SCC(C(=O)c2ccco2)SC1C. The third-order valence-corrected chi connectivity index (χ3v) is 6.00. The molecule has 82 valence electrons. The van der Waals surface area contributed by atoms with Crippen LogP contribution in [0.5, 0.6) is 0 Å². The molecule has 2 heterocycles. The molecule has 0 bridgehead atoms. The van der Waals surface area contributed by atoms with E-state index in [0.29, 0.717) is 16.3 Å². The summed E-state index contributed by atoms with van der Waals surface area (Å²) in [6.45, 7) is 4.40. The Bertz CT molecular complexity index is 334. The number of thioether (sulfide) groups is 2. The lowest BCUT2D eigenvalue weighted by molar-refractivity contribution is 0.0968. The normalized spacial score (nSPS) is 31.5. The van der Waals surface area contributed by atoms with Gasteiger partial charge < -0.3 is 4.42 Å². The molecule has 2 rings (SSSR count). The summed E-state index contributed by atoms with van der Waals surface area (Å²) < 4.78 is 5.14. The Labute approximate surface area is 98.2 Å². The predicted molar refractivity (Wildman–Crippen MR) is 65.8 cm³/mol. The second-order valence-electron chi connectivity index (χ2n) is 3.71. The van der Waals surface area contributed by atoms with E-state index in [9.17, 15) is 4.79 Å². The molecule has 0 aromatic carbocycles. The van der Waals surface area contributed by atoms with Crippen LogP contribution < -0.4 is 0 Å². The van der Waals surface area contributed by atoms with E-state index < -0.39 is 0 Å². The lowest BCUT2D eigenvalue weighted by Gasteiger charge is -2.29. The van der Waals surface area contributed by atoms with E-state index in [4.69, 9.17) is 4.42 Å². The first-order valence-electron chi connectivity index (χ1n) is 5.03. The average Bonchev–Trinajstić information content (AvgIpc) is 2.74. The van der Waals surface area contributed by atoms with E-state index in [2.05, 4.69) is 13.8 Å². The smallest absolute Gasteiger partial charge is 0.211 e. The highest BCUT2D eigenvalue weighted by Gasteiger charge is 2.31. The maximum Gasteiger partial charge on any atom is 0.211 e. The van der Waals surface area contributed by atoms with Gasteiger partial charge in [-0.2, -0.15) is 11.8 Å². The molecule has 0 saturated carbocycles. The fraction of sp³-hybridized carbons (Fsp3) is 0.545. The molecule has 0 amide bonds. The van der Waals surface area contributed by atoms with Crippen molar-refractivity contribution >= 4 is 29.3 Å². The Morgan fingerprint density at radius 1 is 1.47 bits per heavy atom. The molecule has 4 heteroatoms. The van der Waals surface area contributed by atoms with Gasteiger partial charge in [0.2, 0.25) is 5.78 Å². The highest BCUT2D eigenvalue weighted by Crippen LogP contribution is 2.36. The minimum atomic E-state index is 0.0624. The van der Waals surface area contributed by atoms with Crippen molar-refractivity contribution in [2.24, 2.45) is 0 Å². The van der Waals surface area contributed by atoms with Crippen LogP contribution in [0.25, 0.3) is 0 Å². The van der Waals surface area contributed by atoms with E-state index >= 15 is 0 Å². The van der Waals surface area contributed by atoms with Gasteiger partial charge in [-0.3, -0.25) is 4.79 Å². The average molecular weight is 242 g/mol. The van der Waals surface area contributed by atoms with Crippen LogP contribution in [0.2, 0.25) is 0 Å². The van der Waals surface area contributed by atoms with Gasteiger partial charge in [0.25, 0.3) is 0 Å². The number of carbonyl (C=O) groups excluding carboxylic acids is 1. The van der Waals surface area contributed by atoms with Gasteiger partial charge in [-0.15, -0.1) is 11.8 Å². The summed E-state index contributed by atoms with van der Waals surface area (Å²) in [4.78, 5) is 12.0. The Morgan fingerprint density at radius 2 is 2.27 bits per heavy atom. The number of carbonyl (C=O) groups is 1. The molecule has 0 aliphatic carbocycles. The van der Waals surface area contributed by atoms with E-state index in [1.54, 1.807) is 30.2 Å². The van der Waals surface area contributed by atoms with Crippen LogP contribution in [0.1, 0.15) is 24.4 Å². The molecule has 1 aliphatic rings. The molecule has 0 spiro atoms. The van der Waals surface area contributed by atoms with Crippen LogP contribution >= 0.6 is 23.5 Å². The number of furan rings is 1. The third kappa shape index (κ3) is 2.42. The van der Waals surface area contributed by atoms with Crippen molar-refractivity contribution < 1.29 is 9.21 Å². The molecule has 1 saturated heterocycles. The van der Waals surface area contributed by atoms with Crippen LogP contribution in [0.15, 0.2) is 22.8 Å². The van der Waals surface area contributed by atoms with Gasteiger partial charge in [0.05, 0.1) is 11.5 Å². The summed E-state index contributed by atoms with van der Waals surface area (Å²) in [6.07, 6.45) is 1.56. The van der Waals surface area contributed by atoms with Gasteiger partial charge in [0, 0.05) is 16.3 Å². The zero-order chi connectivity index (χ0) is 10.8. The van der Waals surface area contributed by atoms with Gasteiger partial charge in [-0.05, 0) is 12.1 Å². The molecule has 2 nitrogen and oxygen atoms in total. The van der Waals surface area contributed by atoms with Gasteiger partial charge in [0.1, 0.15) is 0 Å². The third-order valence-electron chi connectivity index (χ3n) is 2.61. The van der Waals surface area contributed by atoms with Crippen molar-refractivity contribution in [3.8, 4) is 0 Å². The second-order valence-corrected chi connectivity index (χ2v) is 6.70. The van der Waals surface area contributed by atoms with Crippen LogP contribution in [0, 0.1) is 0 Å². The Morgan fingerprint density at radius 3 is 2.87 bits per heavy atom. The zero-order valence-electron chi connectivity index (χ0n) is 8.80. The minimum absolute atomic E-state index is 0.0624. The fourth-order valence-electron chi connectivity index (χ4n) is 1.50. The lowest BCUT2D eigenvalue weighted by atomic mass is 10.2. The summed E-state index contributed by atoms with van der Waals surface area (Å²) in [5.74, 6) is 1.53. The topological polar surface area (TPSA) is 30.2 Å². The van der Waals surface area contributed by atoms with Crippen molar-refractivity contribution in [2.45, 2.75) is 29.6 Å². The van der Waals surface area contributed by atoms with Crippen LogP contribution in [0.4, 0.5) is 0 Å². The Kier molecular flexibility index (Phi) is 3.46. The molecular weight excluding hydrogens is 228 g/mol. The minimum Gasteiger partial charge on any atom is -0.461 e. The van der Waals surface area contributed by atoms with Crippen molar-refractivity contribution in [3.05, 3.63) is 24.2 Å². The maximum atomic E-state index is 12.0. The summed E-state index contributed by atoms with van der Waals surface area (Å²) >= 11 is 3.65. The number of ketones is 1. The first kappa shape index (κ1) is 11.1. The monoisotopic (exact) mass is 242 g/mol. The van der Waals surface area contributed by atoms with Crippen LogP contribution in [-0.2, 0) is 0 Å². The highest BCUT2D eigenvalue weighted by molar-refractivity contribution is 8.08. The van der Waals surface area contributed by atoms with E-state index in [-0.39, 0.29) is 11.0 Å². The van der Waals surface area contributed by atoms with Crippen molar-refractivity contribution in [2.75, 3.05) is 5.75 Å². The number of hydrogen-bond acceptors (Lipinski definition) is 4. The molecule has 1 aliphatic heterocycles. The molecular formula is C11H14O2S2. The molecule has 0 radical (unpaired) electrons. The van der Waals surface area contributed by atoms with Crippen LogP contribution in [0.3, 0.4) is 0 Å². The van der Waals surface area contributed by atoms with E-state index in [1.165, 1.54) is 0 Å². The first-order chi connectivity index (χ1) is 7.18. The summed E-state index contributed by atoms with van der Waals surface area (Å²) in [5.41, 5.74) is 0. The van der Waals surface area contributed by atoms with Gasteiger partial charge >= 0.3 is 0 Å². The van der Waals surface area contributed by atoms with E-state index in [0.717, 1.165) is 5.75 Å². The van der Waals surface area contributed by atoms with Gasteiger partial charge in [-0.1, -0.05) is 13.8 Å². The molecule has 15 heavy (non-hydrogen) atoms. The first-order valence-corrected chi connectivity index (χ1v) is 7.02. The largest absolute Gasteiger partial charge is 0.461 e. The fourth-order valence-corrected chi connectivity index (χ4v) is 4.36. The molecule has 0 N–H and O–H groups in total. The summed E-state index contributed by atoms with van der Waals surface area (Å²) in [6, 6.07) is 3.51. The molecule has 1 aromatic heterocycles. The zero-order valence-corrected chi connectivity index (χ0v) is 10.4. The van der Waals surface area contributed by atoms with Crippen molar-refractivity contribution in [1.82, 2.24) is 0 Å². The van der Waals surface area contributed by atoms with Crippen molar-refractivity contribution in [1.29, 1.82) is 0 Å². The van der Waals surface area contributed by atoms with Crippen LogP contribution in [-0.4, -0.2) is 27.3 Å². The summed E-state index contributed by atoms with van der Waals surface area (Å²) in [5, 5.41) is 1.23. The molecule has 3 atom stereocenters. The predicted octanol–water partition coefficient (Wildman–Crippen LogP) is 3.09. The highest BCUT2D eigenvalue weighted by atomic mass is 32.2. The Balaban J connectivity index is 2.03. The lowest BCUT2D eigenvalue weighted by Crippen LogP contribution is -2.31. The van der Waals surface area contributed by atoms with Gasteiger partial charge in [0.15, 0.2) is 5.76 Å². The molecule has 1 aromatic rings. The number of Topliss-reactive ketones (excluding diaryl/α,β-unsaturated/α-hetero) is 1. The van der Waals surface area contributed by atoms with Gasteiger partial charge in [-0.25, -0.2) is 0 Å². The number of rotatable bonds is 2. The maximum absolute atomic E-state index is 12.0. The summed E-state index contributed by atoms with van der Waals surface area (Å²) in [7, 11) is 0. The standard InChI is InChI=1S/C11H14O2S2/c1-7-8(2)15-10(6-14-7)11(12)9-4-3-5-13-9/h3-5,7-8,10H,6H2,1-2H3. The quantitative estimate of drug-likeness (QED) is 0.746. The van der Waals surface area contributed by atoms with Crippen molar-refractivity contribution in [3.63, 3.8) is 0 Å². The second kappa shape index (κ2) is 4.66. The molecule has 3 unspecified atom stereocenters. The Hall–Kier alpha value is -0.350. The molecule has 1 fully saturated rings. The number of hydrogen-bond donors (Lipinski definition) is 0. The van der Waals surface area contributed by atoms with E-state index in [1.807, 2.05) is 11.8 Å².